The summed E-state index contributed by atoms with van der Waals surface area (Å²) in [6.45, 7) is 6.78. The molecule has 31 valence electrons. The van der Waals surface area contributed by atoms with Crippen molar-refractivity contribution in [1.82, 2.24) is 0 Å². The summed E-state index contributed by atoms with van der Waals surface area (Å²) in [6, 6.07) is 0. The molecule has 0 bridgehead atoms. The summed E-state index contributed by atoms with van der Waals surface area (Å²) < 4.78 is 0. The summed E-state index contributed by atoms with van der Waals surface area (Å²) in [4.78, 5) is 0. The van der Waals surface area contributed by atoms with Crippen LogP contribution in [0.15, 0.2) is 25.0 Å². The molecule has 0 aliphatic carbocycles. The Balaban J connectivity index is 3.07. The van der Waals surface area contributed by atoms with Gasteiger partial charge < -0.3 is 0 Å². The number of hydrogen-bond donors (Lipinski definition) is 0. The van der Waals surface area contributed by atoms with Gasteiger partial charge in [0.05, 0.1) is 0 Å². The van der Waals surface area contributed by atoms with Crippen LogP contribution in [0, 0.1) is 6.08 Å². The van der Waals surface area contributed by atoms with E-state index in [9.17, 15) is 0 Å². The zero-order valence-corrected chi connectivity index (χ0v) is 3.70. The molecule has 6 heavy (non-hydrogen) atoms. The molecule has 0 aliphatic heterocycles. The minimum absolute atomic E-state index is 0.753. The van der Waals surface area contributed by atoms with E-state index >= 15 is 0 Å². The van der Waals surface area contributed by atoms with Crippen LogP contribution < -0.4 is 0 Å². The molecular weight excluding hydrogens is 72.1 g/mol. The molecule has 0 rings (SSSR count). The van der Waals surface area contributed by atoms with Gasteiger partial charge in [0.1, 0.15) is 0 Å². The molecular formula is C6H7. The molecule has 0 nitrogen and oxygen atoms in total. The van der Waals surface area contributed by atoms with Crippen LogP contribution >= 0.6 is 0 Å². The normalized spacial score (nSPS) is 6.00. The number of hydrogen-bond acceptors (Lipinski definition) is 0. The Labute approximate surface area is 38.5 Å². The molecule has 0 aromatic rings. The first-order valence-electron chi connectivity index (χ1n) is 1.77. The van der Waals surface area contributed by atoms with Gasteiger partial charge in [0.2, 0.25) is 0 Å². The van der Waals surface area contributed by atoms with Crippen LogP contribution in [0.3, 0.4) is 0 Å². The van der Waals surface area contributed by atoms with E-state index < -0.39 is 0 Å². The third kappa shape index (κ3) is 3.26. The Morgan fingerprint density at radius 3 is 2.50 bits per heavy atom. The molecule has 0 spiro atoms. The minimum Gasteiger partial charge on any atom is -0.124 e. The monoisotopic (exact) mass is 79.1 g/mol. The molecule has 0 heterocycles. The summed E-state index contributed by atoms with van der Waals surface area (Å²) in [5, 5.41) is 0. The van der Waals surface area contributed by atoms with Crippen molar-refractivity contribution in [2.75, 3.05) is 0 Å². The molecule has 0 N–H and O–H groups in total. The van der Waals surface area contributed by atoms with Gasteiger partial charge in [0.25, 0.3) is 0 Å². The second kappa shape index (κ2) is 4.26. The van der Waals surface area contributed by atoms with Gasteiger partial charge in [-0.25, -0.2) is 0 Å². The molecule has 0 saturated heterocycles. The summed E-state index contributed by atoms with van der Waals surface area (Å²) >= 11 is 0. The van der Waals surface area contributed by atoms with E-state index in [0.717, 1.165) is 6.42 Å². The van der Waals surface area contributed by atoms with E-state index in [-0.39, 0.29) is 0 Å². The standard InChI is InChI=1S/C6H7/c1-3-5-6-4-2/h3H,1-2,5H2. The lowest BCUT2D eigenvalue weighted by Crippen LogP contribution is -1.47. The Hall–Kier alpha value is -0.740. The highest BCUT2D eigenvalue weighted by Gasteiger charge is 1.57. The molecule has 0 fully saturated rings. The second-order valence-electron chi connectivity index (χ2n) is 0.846. The summed E-state index contributed by atoms with van der Waals surface area (Å²) in [5.74, 6) is 0. The maximum Gasteiger partial charge on any atom is 0.00830 e. The van der Waals surface area contributed by atoms with Crippen molar-refractivity contribution in [3.8, 4) is 0 Å². The average Bonchev–Trinajstić information content (AvgIpc) is 1.61. The minimum atomic E-state index is 0.753. The van der Waals surface area contributed by atoms with Crippen LogP contribution in [0.5, 0.6) is 0 Å². The number of rotatable bonds is 2. The second-order valence-corrected chi connectivity index (χ2v) is 0.846. The third-order valence-electron chi connectivity index (χ3n) is 0.371. The van der Waals surface area contributed by atoms with Gasteiger partial charge in [-0.15, -0.1) is 12.3 Å². The maximum absolute atomic E-state index is 3.47. The lowest BCUT2D eigenvalue weighted by Gasteiger charge is -1.63. The SMILES string of the molecule is C=C=[C]CC=C. The molecule has 0 amide bonds. The molecule has 0 heteroatoms. The van der Waals surface area contributed by atoms with Gasteiger partial charge in [0, 0.05) is 6.08 Å². The summed E-state index contributed by atoms with van der Waals surface area (Å²) in [7, 11) is 0. The fraction of sp³-hybridized carbons (Fsp3) is 0.167. The first kappa shape index (κ1) is 5.26. The van der Waals surface area contributed by atoms with E-state index in [2.05, 4.69) is 25.0 Å². The molecule has 0 atom stereocenters. The summed E-state index contributed by atoms with van der Waals surface area (Å²) in [6.07, 6.45) is 5.22. The van der Waals surface area contributed by atoms with Crippen LogP contribution in [0.4, 0.5) is 0 Å². The van der Waals surface area contributed by atoms with E-state index in [4.69, 9.17) is 0 Å². The molecule has 0 unspecified atom stereocenters. The number of allylic oxidation sites excluding steroid dienone is 2. The summed E-state index contributed by atoms with van der Waals surface area (Å²) in [5.41, 5.74) is 2.50. The Morgan fingerprint density at radius 1 is 1.67 bits per heavy atom. The van der Waals surface area contributed by atoms with Crippen molar-refractivity contribution in [1.29, 1.82) is 0 Å². The average molecular weight is 79.1 g/mol. The molecule has 0 saturated carbocycles. The highest BCUT2D eigenvalue weighted by atomic mass is 13.6. The van der Waals surface area contributed by atoms with Crippen LogP contribution in [-0.4, -0.2) is 0 Å². The van der Waals surface area contributed by atoms with E-state index in [1.807, 2.05) is 0 Å². The fourth-order valence-corrected chi connectivity index (χ4v) is 0.144. The van der Waals surface area contributed by atoms with Gasteiger partial charge in [-0.05, 0) is 6.42 Å². The highest BCUT2D eigenvalue weighted by Crippen LogP contribution is 1.74. The van der Waals surface area contributed by atoms with Crippen LogP contribution in [-0.2, 0) is 0 Å². The molecule has 1 radical (unpaired) electrons. The third-order valence-corrected chi connectivity index (χ3v) is 0.371. The van der Waals surface area contributed by atoms with Gasteiger partial charge in [-0.3, -0.25) is 0 Å². The van der Waals surface area contributed by atoms with Crippen molar-refractivity contribution >= 4 is 0 Å². The predicted molar refractivity (Wildman–Crippen MR) is 27.2 cm³/mol. The smallest absolute Gasteiger partial charge is 0.00830 e. The van der Waals surface area contributed by atoms with E-state index in [0.29, 0.717) is 0 Å². The maximum atomic E-state index is 3.47. The molecule has 0 aliphatic rings. The van der Waals surface area contributed by atoms with Gasteiger partial charge in [-0.2, -0.15) is 0 Å². The van der Waals surface area contributed by atoms with Crippen molar-refractivity contribution in [3.63, 3.8) is 0 Å². The van der Waals surface area contributed by atoms with Crippen LogP contribution in [0.2, 0.25) is 0 Å². The largest absolute Gasteiger partial charge is 0.124 e. The quantitative estimate of drug-likeness (QED) is 0.349. The zero-order chi connectivity index (χ0) is 4.83. The zero-order valence-electron chi connectivity index (χ0n) is 3.70. The van der Waals surface area contributed by atoms with Gasteiger partial charge >= 0.3 is 0 Å². The van der Waals surface area contributed by atoms with Crippen LogP contribution in [0.25, 0.3) is 0 Å². The Kier molecular flexibility index (Phi) is 3.73. The molecule has 0 aromatic carbocycles. The van der Waals surface area contributed by atoms with Crippen LogP contribution in [0.1, 0.15) is 6.42 Å². The Morgan fingerprint density at radius 2 is 2.33 bits per heavy atom. The van der Waals surface area contributed by atoms with Gasteiger partial charge in [0.15, 0.2) is 0 Å². The molecule has 0 aromatic heterocycles. The first-order chi connectivity index (χ1) is 2.91. The highest BCUT2D eigenvalue weighted by molar-refractivity contribution is 4.76. The van der Waals surface area contributed by atoms with Crippen molar-refractivity contribution in [2.24, 2.45) is 0 Å². The topological polar surface area (TPSA) is 0 Å². The van der Waals surface area contributed by atoms with Crippen molar-refractivity contribution in [3.05, 3.63) is 31.0 Å². The van der Waals surface area contributed by atoms with Crippen molar-refractivity contribution < 1.29 is 0 Å². The van der Waals surface area contributed by atoms with E-state index in [1.54, 1.807) is 6.08 Å². The van der Waals surface area contributed by atoms with Gasteiger partial charge in [-0.1, -0.05) is 12.7 Å². The van der Waals surface area contributed by atoms with E-state index in [1.165, 1.54) is 0 Å². The lowest BCUT2D eigenvalue weighted by atomic mass is 10.4. The lowest BCUT2D eigenvalue weighted by molar-refractivity contribution is 1.36. The first-order valence-corrected chi connectivity index (χ1v) is 1.77. The Bertz CT molecular complexity index is 74.0. The fourth-order valence-electron chi connectivity index (χ4n) is 0.144. The van der Waals surface area contributed by atoms with Crippen molar-refractivity contribution in [2.45, 2.75) is 6.42 Å². The predicted octanol–water partition coefficient (Wildman–Crippen LogP) is 1.71.